The molecule has 1 heterocycles. The molecule has 18 heavy (non-hydrogen) atoms. The first kappa shape index (κ1) is 12.0. The van der Waals surface area contributed by atoms with Gasteiger partial charge in [0.25, 0.3) is 5.56 Å². The summed E-state index contributed by atoms with van der Waals surface area (Å²) in [5, 5.41) is 20.9. The lowest BCUT2D eigenvalue weighted by Crippen LogP contribution is -2.19. The van der Waals surface area contributed by atoms with Crippen molar-refractivity contribution in [2.45, 2.75) is 13.3 Å². The molecule has 0 fully saturated rings. The standard InChI is InChI=1S/C12H12N2O4/c1-7-10(6-11(16)17)12(18)14(13-7)8-3-2-4-9(15)5-8/h2-5,13,15H,6H2,1H3,(H,16,17). The predicted molar refractivity (Wildman–Crippen MR) is 64.1 cm³/mol. The Morgan fingerprint density at radius 3 is 2.78 bits per heavy atom. The first-order chi connectivity index (χ1) is 8.49. The summed E-state index contributed by atoms with van der Waals surface area (Å²) in [6, 6.07) is 6.15. The molecule has 0 spiro atoms. The summed E-state index contributed by atoms with van der Waals surface area (Å²) < 4.78 is 1.22. The Hall–Kier alpha value is -2.50. The van der Waals surface area contributed by atoms with E-state index in [1.807, 2.05) is 0 Å². The number of carbonyl (C=O) groups is 1. The lowest BCUT2D eigenvalue weighted by molar-refractivity contribution is -0.136. The second kappa shape index (κ2) is 4.40. The highest BCUT2D eigenvalue weighted by Gasteiger charge is 2.15. The number of aryl methyl sites for hydroxylation is 1. The van der Waals surface area contributed by atoms with Gasteiger partial charge < -0.3 is 10.2 Å². The Balaban J connectivity index is 2.54. The van der Waals surface area contributed by atoms with Crippen molar-refractivity contribution >= 4 is 5.97 Å². The van der Waals surface area contributed by atoms with Crippen molar-refractivity contribution in [1.29, 1.82) is 0 Å². The van der Waals surface area contributed by atoms with Gasteiger partial charge in [0.15, 0.2) is 0 Å². The van der Waals surface area contributed by atoms with Gasteiger partial charge in [-0.05, 0) is 19.1 Å². The predicted octanol–water partition coefficient (Wildman–Crippen LogP) is 0.807. The lowest BCUT2D eigenvalue weighted by atomic mass is 10.2. The Morgan fingerprint density at radius 2 is 2.17 bits per heavy atom. The molecule has 0 saturated carbocycles. The number of nitrogens with one attached hydrogen (secondary N) is 1. The van der Waals surface area contributed by atoms with Crippen molar-refractivity contribution in [3.63, 3.8) is 0 Å². The van der Waals surface area contributed by atoms with Gasteiger partial charge in [0.1, 0.15) is 5.75 Å². The molecule has 6 nitrogen and oxygen atoms in total. The monoisotopic (exact) mass is 248 g/mol. The van der Waals surface area contributed by atoms with E-state index in [0.717, 1.165) is 0 Å². The maximum absolute atomic E-state index is 12.0. The molecule has 2 rings (SSSR count). The Kier molecular flexibility index (Phi) is 2.93. The number of aliphatic carboxylic acids is 1. The Bertz CT molecular complexity index is 654. The van der Waals surface area contributed by atoms with Crippen LogP contribution in [0, 0.1) is 6.92 Å². The summed E-state index contributed by atoms with van der Waals surface area (Å²) in [6.45, 7) is 1.64. The van der Waals surface area contributed by atoms with Gasteiger partial charge in [-0.2, -0.15) is 0 Å². The van der Waals surface area contributed by atoms with E-state index >= 15 is 0 Å². The third kappa shape index (κ3) is 2.13. The first-order valence-corrected chi connectivity index (χ1v) is 5.30. The molecule has 0 bridgehead atoms. The summed E-state index contributed by atoms with van der Waals surface area (Å²) in [4.78, 5) is 22.7. The molecule has 0 saturated heterocycles. The number of hydrogen-bond acceptors (Lipinski definition) is 3. The molecule has 0 aliphatic rings. The molecule has 0 atom stereocenters. The maximum Gasteiger partial charge on any atom is 0.308 e. The number of benzene rings is 1. The van der Waals surface area contributed by atoms with Crippen molar-refractivity contribution in [2.24, 2.45) is 0 Å². The van der Waals surface area contributed by atoms with Crippen LogP contribution in [0.5, 0.6) is 5.75 Å². The Labute approximate surface area is 102 Å². The largest absolute Gasteiger partial charge is 0.508 e. The number of phenols is 1. The molecule has 0 aliphatic carbocycles. The molecule has 0 unspecified atom stereocenters. The third-order valence-corrected chi connectivity index (χ3v) is 2.61. The number of aromatic hydroxyl groups is 1. The van der Waals surface area contributed by atoms with Crippen LogP contribution >= 0.6 is 0 Å². The van der Waals surface area contributed by atoms with Crippen LogP contribution in [0.4, 0.5) is 0 Å². The quantitative estimate of drug-likeness (QED) is 0.748. The molecule has 2 aromatic rings. The van der Waals surface area contributed by atoms with Gasteiger partial charge >= 0.3 is 5.97 Å². The average molecular weight is 248 g/mol. The van der Waals surface area contributed by atoms with Gasteiger partial charge in [-0.3, -0.25) is 14.7 Å². The number of hydrogen-bond donors (Lipinski definition) is 3. The van der Waals surface area contributed by atoms with Gasteiger partial charge in [-0.15, -0.1) is 0 Å². The molecule has 1 aromatic carbocycles. The number of H-pyrrole nitrogens is 1. The normalized spacial score (nSPS) is 10.5. The van der Waals surface area contributed by atoms with E-state index in [0.29, 0.717) is 11.4 Å². The SMILES string of the molecule is Cc1[nH]n(-c2cccc(O)c2)c(=O)c1CC(=O)O. The second-order valence-corrected chi connectivity index (χ2v) is 3.95. The number of nitrogens with zero attached hydrogens (tertiary/aromatic N) is 1. The molecule has 0 radical (unpaired) electrons. The minimum Gasteiger partial charge on any atom is -0.508 e. The van der Waals surface area contributed by atoms with Gasteiger partial charge in [0.2, 0.25) is 0 Å². The van der Waals surface area contributed by atoms with E-state index in [9.17, 15) is 14.7 Å². The van der Waals surface area contributed by atoms with Crippen LogP contribution in [0.15, 0.2) is 29.1 Å². The number of aromatic nitrogens is 2. The van der Waals surface area contributed by atoms with Crippen LogP contribution in [0.1, 0.15) is 11.3 Å². The van der Waals surface area contributed by atoms with Crippen LogP contribution < -0.4 is 5.56 Å². The van der Waals surface area contributed by atoms with Crippen molar-refractivity contribution < 1.29 is 15.0 Å². The summed E-state index contributed by atoms with van der Waals surface area (Å²) in [5.74, 6) is -1.02. The van der Waals surface area contributed by atoms with Gasteiger partial charge in [-0.25, -0.2) is 4.68 Å². The summed E-state index contributed by atoms with van der Waals surface area (Å²) in [5.41, 5.74) is 0.761. The van der Waals surface area contributed by atoms with E-state index in [-0.39, 0.29) is 17.7 Å². The van der Waals surface area contributed by atoms with Crippen LogP contribution in [0.3, 0.4) is 0 Å². The highest BCUT2D eigenvalue weighted by Crippen LogP contribution is 2.14. The van der Waals surface area contributed by atoms with Crippen molar-refractivity contribution in [1.82, 2.24) is 9.78 Å². The minimum atomic E-state index is -1.06. The zero-order valence-corrected chi connectivity index (χ0v) is 9.67. The number of aromatic amines is 1. The molecular formula is C12H12N2O4. The topological polar surface area (TPSA) is 95.3 Å². The molecular weight excluding hydrogens is 236 g/mol. The number of rotatable bonds is 3. The number of carboxylic acid groups (broad SMARTS) is 1. The van der Waals surface area contributed by atoms with Gasteiger partial charge in [-0.1, -0.05) is 6.07 Å². The van der Waals surface area contributed by atoms with Crippen LogP contribution in [0.2, 0.25) is 0 Å². The molecule has 1 aromatic heterocycles. The number of carboxylic acids is 1. The van der Waals surface area contributed by atoms with Gasteiger partial charge in [0.05, 0.1) is 17.7 Å². The molecule has 6 heteroatoms. The average Bonchev–Trinajstić information content (AvgIpc) is 2.56. The first-order valence-electron chi connectivity index (χ1n) is 5.30. The van der Waals surface area contributed by atoms with E-state index in [2.05, 4.69) is 5.10 Å². The highest BCUT2D eigenvalue weighted by molar-refractivity contribution is 5.70. The molecule has 0 amide bonds. The van der Waals surface area contributed by atoms with Crippen LogP contribution in [-0.4, -0.2) is 26.0 Å². The molecule has 3 N–H and O–H groups in total. The lowest BCUT2D eigenvalue weighted by Gasteiger charge is -2.01. The smallest absolute Gasteiger partial charge is 0.308 e. The third-order valence-electron chi connectivity index (χ3n) is 2.61. The van der Waals surface area contributed by atoms with Crippen molar-refractivity contribution in [3.05, 3.63) is 45.9 Å². The highest BCUT2D eigenvalue weighted by atomic mass is 16.4. The van der Waals surface area contributed by atoms with E-state index in [1.165, 1.54) is 16.8 Å². The van der Waals surface area contributed by atoms with E-state index < -0.39 is 11.5 Å². The fourth-order valence-corrected chi connectivity index (χ4v) is 1.75. The van der Waals surface area contributed by atoms with E-state index in [1.54, 1.807) is 19.1 Å². The fraction of sp³-hybridized carbons (Fsp3) is 0.167. The summed E-state index contributed by atoms with van der Waals surface area (Å²) in [7, 11) is 0. The summed E-state index contributed by atoms with van der Waals surface area (Å²) in [6.07, 6.45) is -0.326. The van der Waals surface area contributed by atoms with Crippen LogP contribution in [-0.2, 0) is 11.2 Å². The Morgan fingerprint density at radius 1 is 1.44 bits per heavy atom. The minimum absolute atomic E-state index is 0.0337. The fourth-order valence-electron chi connectivity index (χ4n) is 1.75. The molecule has 0 aliphatic heterocycles. The van der Waals surface area contributed by atoms with Gasteiger partial charge in [0, 0.05) is 11.8 Å². The van der Waals surface area contributed by atoms with E-state index in [4.69, 9.17) is 5.11 Å². The zero-order chi connectivity index (χ0) is 13.3. The zero-order valence-electron chi connectivity index (χ0n) is 9.67. The number of phenolic OH excluding ortho intramolecular Hbond substituents is 1. The molecule has 94 valence electrons. The van der Waals surface area contributed by atoms with Crippen LogP contribution in [0.25, 0.3) is 5.69 Å². The maximum atomic E-state index is 12.0. The summed E-state index contributed by atoms with van der Waals surface area (Å²) >= 11 is 0. The van der Waals surface area contributed by atoms with Crippen molar-refractivity contribution in [3.8, 4) is 11.4 Å². The second-order valence-electron chi connectivity index (χ2n) is 3.95. The van der Waals surface area contributed by atoms with Crippen molar-refractivity contribution in [2.75, 3.05) is 0 Å².